The van der Waals surface area contributed by atoms with Gasteiger partial charge in [0.25, 0.3) is 5.91 Å². The summed E-state index contributed by atoms with van der Waals surface area (Å²) in [7, 11) is 0. The molecule has 0 N–H and O–H groups in total. The van der Waals surface area contributed by atoms with E-state index in [-0.39, 0.29) is 28.5 Å². The fourth-order valence-corrected chi connectivity index (χ4v) is 6.88. The first-order valence-corrected chi connectivity index (χ1v) is 12.1. The molecule has 5 nitrogen and oxygen atoms in total. The van der Waals surface area contributed by atoms with Gasteiger partial charge in [0.2, 0.25) is 10.8 Å². The van der Waals surface area contributed by atoms with Crippen LogP contribution in [0.15, 0.2) is 30.3 Å². The summed E-state index contributed by atoms with van der Waals surface area (Å²) in [6, 6.07) is 8.12. The van der Waals surface area contributed by atoms with Crippen LogP contribution in [0, 0.1) is 5.82 Å². The Bertz CT molecular complexity index is 1170. The molecule has 0 aliphatic carbocycles. The van der Waals surface area contributed by atoms with Crippen molar-refractivity contribution in [2.75, 3.05) is 22.2 Å². The number of ether oxygens (including phenoxy) is 1. The molecule has 0 aromatic heterocycles. The maximum absolute atomic E-state index is 14.4. The molecule has 32 heavy (non-hydrogen) atoms. The Morgan fingerprint density at radius 3 is 2.66 bits per heavy atom. The monoisotopic (exact) mass is 474 g/mol. The molecule has 2 atom stereocenters. The van der Waals surface area contributed by atoms with Gasteiger partial charge < -0.3 is 9.64 Å². The zero-order valence-corrected chi connectivity index (χ0v) is 19.9. The molecule has 1 spiro atoms. The van der Waals surface area contributed by atoms with Gasteiger partial charge in [-0.15, -0.1) is 11.8 Å². The van der Waals surface area contributed by atoms with E-state index in [0.29, 0.717) is 18.0 Å². The predicted octanol–water partition coefficient (Wildman–Crippen LogP) is 5.44. The van der Waals surface area contributed by atoms with Crippen LogP contribution in [0.5, 0.6) is 5.75 Å². The second-order valence-electron chi connectivity index (χ2n) is 9.16. The van der Waals surface area contributed by atoms with E-state index < -0.39 is 16.2 Å². The van der Waals surface area contributed by atoms with E-state index in [1.165, 1.54) is 28.8 Å². The van der Waals surface area contributed by atoms with Crippen LogP contribution in [0.3, 0.4) is 0 Å². The van der Waals surface area contributed by atoms with Gasteiger partial charge in [0.1, 0.15) is 11.6 Å². The highest BCUT2D eigenvalue weighted by molar-refractivity contribution is 8.02. The van der Waals surface area contributed by atoms with Gasteiger partial charge in [-0.05, 0) is 69.0 Å². The molecule has 0 radical (unpaired) electrons. The van der Waals surface area contributed by atoms with E-state index in [2.05, 4.69) is 20.8 Å². The zero-order valence-electron chi connectivity index (χ0n) is 18.4. The number of amides is 2. The number of benzene rings is 2. The van der Waals surface area contributed by atoms with Crippen LogP contribution >= 0.6 is 23.4 Å². The number of carbonyl (C=O) groups excluding carboxylic acids is 2. The second-order valence-corrected chi connectivity index (χ2v) is 10.7. The van der Waals surface area contributed by atoms with Gasteiger partial charge in [-0.25, -0.2) is 4.39 Å². The molecule has 0 saturated carbocycles. The first kappa shape index (κ1) is 21.6. The Morgan fingerprint density at radius 2 is 1.97 bits per heavy atom. The number of hydrogen-bond acceptors (Lipinski definition) is 4. The maximum Gasteiger partial charge on any atom is 0.269 e. The minimum absolute atomic E-state index is 0.0318. The second kappa shape index (κ2) is 7.12. The SMILES string of the molecule is CCOc1cc2c3c(c1)C1(SCC(=O)N1c1ccc(Cl)c(F)c1)C(=O)N3C(C)(C)CC2C. The third kappa shape index (κ3) is 2.76. The fraction of sp³-hybridized carbons (Fsp3) is 0.417. The lowest BCUT2D eigenvalue weighted by Crippen LogP contribution is -2.56. The molecule has 8 heteroatoms. The highest BCUT2D eigenvalue weighted by Crippen LogP contribution is 2.62. The van der Waals surface area contributed by atoms with Crippen molar-refractivity contribution in [3.8, 4) is 5.75 Å². The highest BCUT2D eigenvalue weighted by Gasteiger charge is 2.64. The van der Waals surface area contributed by atoms with E-state index in [0.717, 1.165) is 23.2 Å². The molecular formula is C24H24ClFN2O3S. The average Bonchev–Trinajstić information content (AvgIpc) is 3.19. The van der Waals surface area contributed by atoms with Crippen molar-refractivity contribution in [1.82, 2.24) is 0 Å². The number of fused-ring (bicyclic) bond motifs is 1. The Morgan fingerprint density at radius 1 is 1.22 bits per heavy atom. The Labute approximate surface area is 195 Å². The van der Waals surface area contributed by atoms with Crippen molar-refractivity contribution < 1.29 is 18.7 Å². The first-order chi connectivity index (χ1) is 15.1. The number of anilines is 2. The molecular weight excluding hydrogens is 451 g/mol. The fourth-order valence-electron chi connectivity index (χ4n) is 5.44. The zero-order chi connectivity index (χ0) is 23.0. The third-order valence-electron chi connectivity index (χ3n) is 6.58. The third-order valence-corrected chi connectivity index (χ3v) is 8.27. The minimum atomic E-state index is -1.31. The number of carbonyl (C=O) groups is 2. The average molecular weight is 475 g/mol. The van der Waals surface area contributed by atoms with Crippen LogP contribution in [0.1, 0.15) is 51.2 Å². The molecule has 3 aliphatic rings. The summed E-state index contributed by atoms with van der Waals surface area (Å²) < 4.78 is 20.2. The van der Waals surface area contributed by atoms with Gasteiger partial charge in [-0.2, -0.15) is 0 Å². The molecule has 3 heterocycles. The smallest absolute Gasteiger partial charge is 0.269 e. The van der Waals surface area contributed by atoms with Gasteiger partial charge in [0, 0.05) is 16.8 Å². The number of rotatable bonds is 3. The van der Waals surface area contributed by atoms with Gasteiger partial charge in [0.05, 0.1) is 23.1 Å². The van der Waals surface area contributed by atoms with Crippen molar-refractivity contribution in [3.05, 3.63) is 52.3 Å². The van der Waals surface area contributed by atoms with Crippen LogP contribution in [0.25, 0.3) is 0 Å². The lowest BCUT2D eigenvalue weighted by molar-refractivity contribution is -0.124. The number of halogens is 2. The molecule has 1 fully saturated rings. The van der Waals surface area contributed by atoms with Crippen LogP contribution < -0.4 is 14.5 Å². The predicted molar refractivity (Wildman–Crippen MR) is 125 cm³/mol. The van der Waals surface area contributed by atoms with Crippen molar-refractivity contribution in [2.24, 2.45) is 0 Å². The molecule has 2 aromatic carbocycles. The molecule has 168 valence electrons. The first-order valence-electron chi connectivity index (χ1n) is 10.7. The van der Waals surface area contributed by atoms with Gasteiger partial charge >= 0.3 is 0 Å². The van der Waals surface area contributed by atoms with E-state index in [1.54, 1.807) is 6.07 Å². The largest absolute Gasteiger partial charge is 0.494 e. The molecule has 5 rings (SSSR count). The normalized spacial score (nSPS) is 25.6. The quantitative estimate of drug-likeness (QED) is 0.594. The van der Waals surface area contributed by atoms with E-state index in [1.807, 2.05) is 24.0 Å². The van der Waals surface area contributed by atoms with E-state index in [4.69, 9.17) is 16.3 Å². The molecule has 0 bridgehead atoms. The number of nitrogens with zero attached hydrogens (tertiary/aromatic N) is 2. The summed E-state index contributed by atoms with van der Waals surface area (Å²) in [5.74, 6) is -0.0516. The molecule has 2 amide bonds. The molecule has 2 unspecified atom stereocenters. The lowest BCUT2D eigenvalue weighted by atomic mass is 9.80. The maximum atomic E-state index is 14.4. The highest BCUT2D eigenvalue weighted by atomic mass is 35.5. The Hall–Kier alpha value is -2.25. The van der Waals surface area contributed by atoms with Gasteiger partial charge in [-0.1, -0.05) is 18.5 Å². The standard InChI is InChI=1S/C24H24ClFN2O3S/c1-5-31-15-9-16-13(2)11-23(3,4)28-21(16)17(10-15)24(22(28)30)27(20(29)12-32-24)14-6-7-18(25)19(26)8-14/h6-10,13H,5,11-12H2,1-4H3. The summed E-state index contributed by atoms with van der Waals surface area (Å²) in [6.45, 7) is 8.66. The molecule has 3 aliphatic heterocycles. The summed E-state index contributed by atoms with van der Waals surface area (Å²) in [5, 5.41) is -0.0318. The van der Waals surface area contributed by atoms with Crippen LogP contribution in [0.2, 0.25) is 5.02 Å². The van der Waals surface area contributed by atoms with Crippen molar-refractivity contribution in [1.29, 1.82) is 0 Å². The summed E-state index contributed by atoms with van der Waals surface area (Å²) >= 11 is 7.18. The molecule has 1 saturated heterocycles. The summed E-state index contributed by atoms with van der Waals surface area (Å²) in [5.41, 5.74) is 2.50. The lowest BCUT2D eigenvalue weighted by Gasteiger charge is -2.44. The van der Waals surface area contributed by atoms with Crippen LogP contribution in [-0.4, -0.2) is 29.7 Å². The van der Waals surface area contributed by atoms with Crippen LogP contribution in [0.4, 0.5) is 15.8 Å². The summed E-state index contributed by atoms with van der Waals surface area (Å²) in [4.78, 5) is 29.4. The van der Waals surface area contributed by atoms with Gasteiger partial charge in [0.15, 0.2) is 0 Å². The number of thioether (sulfide) groups is 1. The van der Waals surface area contributed by atoms with Crippen molar-refractivity contribution in [2.45, 2.75) is 50.4 Å². The van der Waals surface area contributed by atoms with Gasteiger partial charge in [-0.3, -0.25) is 14.5 Å². The van der Waals surface area contributed by atoms with Crippen molar-refractivity contribution in [3.63, 3.8) is 0 Å². The van der Waals surface area contributed by atoms with E-state index in [9.17, 15) is 14.0 Å². The van der Waals surface area contributed by atoms with Crippen molar-refractivity contribution >= 4 is 46.6 Å². The molecule has 2 aromatic rings. The van der Waals surface area contributed by atoms with E-state index >= 15 is 0 Å². The number of hydrogen-bond donors (Lipinski definition) is 0. The summed E-state index contributed by atoms with van der Waals surface area (Å²) in [6.07, 6.45) is 0.783. The minimum Gasteiger partial charge on any atom is -0.494 e. The topological polar surface area (TPSA) is 49.9 Å². The Balaban J connectivity index is 1.80. The Kier molecular flexibility index (Phi) is 4.81. The van der Waals surface area contributed by atoms with Crippen LogP contribution in [-0.2, 0) is 14.5 Å².